The number of aromatic nitrogens is 2. The third kappa shape index (κ3) is 5.54. The van der Waals surface area contributed by atoms with Crippen molar-refractivity contribution in [1.29, 1.82) is 0 Å². The van der Waals surface area contributed by atoms with E-state index in [0.29, 0.717) is 6.42 Å². The average Bonchev–Trinajstić information content (AvgIpc) is 2.86. The van der Waals surface area contributed by atoms with E-state index in [4.69, 9.17) is 0 Å². The molecule has 0 aliphatic rings. The average molecular weight is 367 g/mol. The number of carbonyl (C=O) groups excluding carboxylic acids is 1. The maximum Gasteiger partial charge on any atom is 0.409 e. The summed E-state index contributed by atoms with van der Waals surface area (Å²) in [7, 11) is 1.38. The van der Waals surface area contributed by atoms with Gasteiger partial charge in [0.1, 0.15) is 5.69 Å². The first kappa shape index (κ1) is 21.1. The zero-order valence-electron chi connectivity index (χ0n) is 14.5. The van der Waals surface area contributed by atoms with Crippen LogP contribution < -0.4 is 5.32 Å². The summed E-state index contributed by atoms with van der Waals surface area (Å²) >= 11 is 0. The Bertz CT molecular complexity index is 622. The van der Waals surface area contributed by atoms with Crippen molar-refractivity contribution >= 4 is 5.91 Å². The fourth-order valence-corrected chi connectivity index (χ4v) is 2.59. The number of allylic oxidation sites excluding steroid dienone is 1. The van der Waals surface area contributed by atoms with Gasteiger partial charge in [0, 0.05) is 19.3 Å². The van der Waals surface area contributed by atoms with Crippen molar-refractivity contribution in [2.45, 2.75) is 51.8 Å². The van der Waals surface area contributed by atoms with Crippen LogP contribution in [0.1, 0.15) is 56.1 Å². The van der Waals surface area contributed by atoms with Crippen molar-refractivity contribution in [2.75, 3.05) is 0 Å². The summed E-state index contributed by atoms with van der Waals surface area (Å²) in [5, 5.41) is 6.06. The van der Waals surface area contributed by atoms with E-state index < -0.39 is 29.7 Å². The normalized spacial score (nSPS) is 15.2. The van der Waals surface area contributed by atoms with Crippen molar-refractivity contribution in [3.63, 3.8) is 0 Å². The molecule has 1 N–H and O–H groups in total. The van der Waals surface area contributed by atoms with Gasteiger partial charge in [-0.15, -0.1) is 0 Å². The molecule has 0 bridgehead atoms. The summed E-state index contributed by atoms with van der Waals surface area (Å²) in [6.45, 7) is 5.08. The first-order valence-electron chi connectivity index (χ1n) is 7.83. The van der Waals surface area contributed by atoms with Crippen LogP contribution in [-0.4, -0.2) is 27.4 Å². The van der Waals surface area contributed by atoms with Crippen LogP contribution in [0.15, 0.2) is 18.3 Å². The minimum Gasteiger partial charge on any atom is -0.343 e. The van der Waals surface area contributed by atoms with E-state index >= 15 is 0 Å². The third-order valence-electron chi connectivity index (χ3n) is 3.92. The number of nitrogens with one attached hydrogen (secondary N) is 1. The van der Waals surface area contributed by atoms with E-state index in [1.807, 2.05) is 0 Å². The monoisotopic (exact) mass is 367 g/mol. The highest BCUT2D eigenvalue weighted by Crippen LogP contribution is 2.29. The van der Waals surface area contributed by atoms with Gasteiger partial charge in [-0.3, -0.25) is 9.48 Å². The van der Waals surface area contributed by atoms with E-state index in [0.717, 1.165) is 17.0 Å². The van der Waals surface area contributed by atoms with Gasteiger partial charge in [0.05, 0.1) is 11.1 Å². The van der Waals surface area contributed by atoms with Crippen LogP contribution in [-0.2, 0) is 7.05 Å². The van der Waals surface area contributed by atoms with Crippen molar-refractivity contribution in [3.05, 3.63) is 29.6 Å². The van der Waals surface area contributed by atoms with Gasteiger partial charge in [-0.2, -0.15) is 18.3 Å². The number of hydrogen-bond acceptors (Lipinski definition) is 2. The number of rotatable bonds is 7. The molecule has 1 amide bonds. The van der Waals surface area contributed by atoms with Crippen LogP contribution in [0.25, 0.3) is 0 Å². The molecule has 0 aliphatic carbocycles. The predicted octanol–water partition coefficient (Wildman–Crippen LogP) is 4.40. The van der Waals surface area contributed by atoms with Gasteiger partial charge in [0.25, 0.3) is 12.3 Å². The smallest absolute Gasteiger partial charge is 0.343 e. The van der Waals surface area contributed by atoms with Crippen molar-refractivity contribution < 1.29 is 26.7 Å². The molecular formula is C16H22F5N3O. The van der Waals surface area contributed by atoms with Crippen molar-refractivity contribution in [2.24, 2.45) is 13.0 Å². The number of halogens is 5. The molecule has 142 valence electrons. The number of amides is 1. The Morgan fingerprint density at radius 3 is 2.36 bits per heavy atom. The van der Waals surface area contributed by atoms with Gasteiger partial charge in [-0.05, 0) is 12.3 Å². The molecule has 0 spiro atoms. The molecular weight excluding hydrogens is 345 g/mol. The Morgan fingerprint density at radius 1 is 1.32 bits per heavy atom. The van der Waals surface area contributed by atoms with Crippen LogP contribution in [0.4, 0.5) is 22.0 Å². The fourth-order valence-electron chi connectivity index (χ4n) is 2.59. The molecule has 0 aliphatic heterocycles. The Morgan fingerprint density at radius 2 is 1.92 bits per heavy atom. The summed E-state index contributed by atoms with van der Waals surface area (Å²) in [4.78, 5) is 12.5. The molecule has 0 radical (unpaired) electrons. The number of carbonyl (C=O) groups is 1. The summed E-state index contributed by atoms with van der Waals surface area (Å²) in [6, 6.07) is 0. The van der Waals surface area contributed by atoms with Crippen LogP contribution in [0.2, 0.25) is 0 Å². The first-order valence-corrected chi connectivity index (χ1v) is 7.83. The SMILES string of the molecule is CCCC(C=CC(F)(F)F)(NC(=O)c1cn(C)nc1C(F)F)C(C)C. The molecule has 0 saturated heterocycles. The van der Waals surface area contributed by atoms with Gasteiger partial charge in [0.15, 0.2) is 0 Å². The molecule has 1 aromatic rings. The lowest BCUT2D eigenvalue weighted by atomic mass is 9.81. The van der Waals surface area contributed by atoms with Crippen LogP contribution in [0, 0.1) is 5.92 Å². The van der Waals surface area contributed by atoms with Crippen molar-refractivity contribution in [1.82, 2.24) is 15.1 Å². The van der Waals surface area contributed by atoms with Crippen LogP contribution in [0.5, 0.6) is 0 Å². The first-order chi connectivity index (χ1) is 11.4. The molecule has 4 nitrogen and oxygen atoms in total. The lowest BCUT2D eigenvalue weighted by Gasteiger charge is -2.36. The number of aryl methyl sites for hydroxylation is 1. The molecule has 1 unspecified atom stereocenters. The Kier molecular flexibility index (Phi) is 6.73. The maximum absolute atomic E-state index is 13.0. The molecule has 25 heavy (non-hydrogen) atoms. The van der Waals surface area contributed by atoms with Crippen LogP contribution >= 0.6 is 0 Å². The van der Waals surface area contributed by atoms with E-state index in [2.05, 4.69) is 10.4 Å². The lowest BCUT2D eigenvalue weighted by Crippen LogP contribution is -2.51. The molecule has 0 fully saturated rings. The third-order valence-corrected chi connectivity index (χ3v) is 3.92. The molecule has 1 rings (SSSR count). The van der Waals surface area contributed by atoms with Crippen molar-refractivity contribution in [3.8, 4) is 0 Å². The highest BCUT2D eigenvalue weighted by atomic mass is 19.4. The Hall–Kier alpha value is -1.93. The van der Waals surface area contributed by atoms with Gasteiger partial charge in [-0.1, -0.05) is 33.3 Å². The summed E-state index contributed by atoms with van der Waals surface area (Å²) in [5.74, 6) is -1.26. The molecule has 0 saturated carbocycles. The van der Waals surface area contributed by atoms with Gasteiger partial charge in [-0.25, -0.2) is 8.78 Å². The minimum atomic E-state index is -4.54. The van der Waals surface area contributed by atoms with E-state index in [-0.39, 0.29) is 24.0 Å². The van der Waals surface area contributed by atoms with E-state index in [1.165, 1.54) is 7.05 Å². The lowest BCUT2D eigenvalue weighted by molar-refractivity contribution is -0.0805. The highest BCUT2D eigenvalue weighted by molar-refractivity contribution is 5.95. The fraction of sp³-hybridized carbons (Fsp3) is 0.625. The van der Waals surface area contributed by atoms with Gasteiger partial charge < -0.3 is 5.32 Å². The summed E-state index contributed by atoms with van der Waals surface area (Å²) in [6.07, 6.45) is -4.68. The van der Waals surface area contributed by atoms with E-state index in [1.54, 1.807) is 20.8 Å². The summed E-state index contributed by atoms with van der Waals surface area (Å²) in [5.41, 5.74) is -2.36. The molecule has 1 atom stereocenters. The second-order valence-corrected chi connectivity index (χ2v) is 6.18. The predicted molar refractivity (Wildman–Crippen MR) is 83.3 cm³/mol. The standard InChI is InChI=1S/C16H22F5N3O/c1-5-6-15(10(2)3,7-8-16(19,20)21)22-14(25)11-9-24(4)23-12(11)13(17)18/h7-10,13H,5-6H2,1-4H3,(H,22,25). The van der Waals surface area contributed by atoms with Gasteiger partial charge in [0.2, 0.25) is 0 Å². The maximum atomic E-state index is 13.0. The molecule has 1 aromatic heterocycles. The number of nitrogens with zero attached hydrogens (tertiary/aromatic N) is 2. The molecule has 1 heterocycles. The Labute approximate surface area is 143 Å². The Balaban J connectivity index is 3.25. The minimum absolute atomic E-state index is 0.0696. The van der Waals surface area contributed by atoms with E-state index in [9.17, 15) is 26.7 Å². The number of alkyl halides is 5. The second-order valence-electron chi connectivity index (χ2n) is 6.18. The zero-order chi connectivity index (χ0) is 19.4. The molecule has 9 heteroatoms. The van der Waals surface area contributed by atoms with Gasteiger partial charge >= 0.3 is 6.18 Å². The quantitative estimate of drug-likeness (QED) is 0.574. The summed E-state index contributed by atoms with van der Waals surface area (Å²) < 4.78 is 65.0. The highest BCUT2D eigenvalue weighted by Gasteiger charge is 2.36. The molecule has 0 aromatic carbocycles. The van der Waals surface area contributed by atoms with Crippen LogP contribution in [0.3, 0.4) is 0 Å². The number of hydrogen-bond donors (Lipinski definition) is 1. The second kappa shape index (κ2) is 7.97. The largest absolute Gasteiger partial charge is 0.409 e. The zero-order valence-corrected chi connectivity index (χ0v) is 14.5. The topological polar surface area (TPSA) is 46.9 Å².